The smallest absolute Gasteiger partial charge is 0.223 e. The van der Waals surface area contributed by atoms with Crippen LogP contribution < -0.4 is 10.2 Å². The third-order valence-corrected chi connectivity index (χ3v) is 4.87. The molecule has 142 valence electrons. The van der Waals surface area contributed by atoms with Crippen LogP contribution in [0, 0.1) is 6.92 Å². The van der Waals surface area contributed by atoms with Crippen molar-refractivity contribution >= 4 is 17.3 Å². The zero-order valence-electron chi connectivity index (χ0n) is 16.6. The number of hydrogen-bond donors (Lipinski definition) is 1. The van der Waals surface area contributed by atoms with Crippen LogP contribution in [0.4, 0.5) is 11.6 Å². The Bertz CT molecular complexity index is 1100. The first-order chi connectivity index (χ1) is 13.5. The molecule has 6 nitrogen and oxygen atoms in total. The number of nitrogens with zero attached hydrogens (tertiary/aromatic N) is 5. The first-order valence-electron chi connectivity index (χ1n) is 9.33. The minimum absolute atomic E-state index is 0.101. The highest BCUT2D eigenvalue weighted by Crippen LogP contribution is 2.30. The van der Waals surface area contributed by atoms with Gasteiger partial charge in [-0.15, -0.1) is 0 Å². The van der Waals surface area contributed by atoms with Crippen molar-refractivity contribution in [2.75, 3.05) is 24.3 Å². The fraction of sp³-hybridized carbons (Fsp3) is 0.227. The van der Waals surface area contributed by atoms with Crippen LogP contribution in [0.25, 0.3) is 17.0 Å². The van der Waals surface area contributed by atoms with Crippen LogP contribution in [0.15, 0.2) is 61.1 Å². The molecule has 28 heavy (non-hydrogen) atoms. The second kappa shape index (κ2) is 7.31. The van der Waals surface area contributed by atoms with Crippen LogP contribution >= 0.6 is 0 Å². The number of pyridine rings is 1. The first-order valence-corrected chi connectivity index (χ1v) is 9.33. The van der Waals surface area contributed by atoms with Gasteiger partial charge in [0.05, 0.1) is 29.8 Å². The standard InChI is InChI=1S/C22H24N6/c1-15-9-8-12-28-19(14-23-21(15)28)20-18(27(3)4)13-24-22(26-20)25-16(2)17-10-6-5-7-11-17/h5-14,16H,1-4H3,(H,24,25,26)/t16-/m0/s1. The van der Waals surface area contributed by atoms with Crippen LogP contribution in [-0.4, -0.2) is 33.4 Å². The molecule has 0 saturated heterocycles. The molecule has 4 rings (SSSR count). The van der Waals surface area contributed by atoms with E-state index >= 15 is 0 Å². The van der Waals surface area contributed by atoms with Gasteiger partial charge in [-0.25, -0.2) is 15.0 Å². The lowest BCUT2D eigenvalue weighted by Crippen LogP contribution is -2.15. The van der Waals surface area contributed by atoms with Crippen LogP contribution in [0.3, 0.4) is 0 Å². The maximum Gasteiger partial charge on any atom is 0.223 e. The van der Waals surface area contributed by atoms with E-state index in [1.54, 1.807) is 0 Å². The number of anilines is 2. The molecule has 0 aliphatic rings. The quantitative estimate of drug-likeness (QED) is 0.565. The summed E-state index contributed by atoms with van der Waals surface area (Å²) in [6.45, 7) is 4.17. The predicted octanol–water partition coefficient (Wildman–Crippen LogP) is 4.34. The van der Waals surface area contributed by atoms with E-state index in [4.69, 9.17) is 4.98 Å². The molecule has 3 aromatic heterocycles. The number of benzene rings is 1. The molecule has 0 unspecified atom stereocenters. The van der Waals surface area contributed by atoms with E-state index < -0.39 is 0 Å². The number of aromatic nitrogens is 4. The molecule has 0 saturated carbocycles. The Morgan fingerprint density at radius 3 is 2.54 bits per heavy atom. The molecule has 0 amide bonds. The molecule has 1 N–H and O–H groups in total. The van der Waals surface area contributed by atoms with E-state index in [0.717, 1.165) is 28.3 Å². The van der Waals surface area contributed by atoms with Crippen molar-refractivity contribution in [2.24, 2.45) is 0 Å². The van der Waals surface area contributed by atoms with Crippen molar-refractivity contribution < 1.29 is 0 Å². The molecule has 0 radical (unpaired) electrons. The van der Waals surface area contributed by atoms with E-state index in [1.165, 1.54) is 5.56 Å². The highest BCUT2D eigenvalue weighted by molar-refractivity contribution is 5.75. The summed E-state index contributed by atoms with van der Waals surface area (Å²) in [6, 6.07) is 14.5. The molecule has 4 aromatic rings. The van der Waals surface area contributed by atoms with Crippen molar-refractivity contribution in [1.82, 2.24) is 19.4 Å². The molecule has 0 bridgehead atoms. The number of hydrogen-bond acceptors (Lipinski definition) is 5. The zero-order chi connectivity index (χ0) is 19.7. The largest absolute Gasteiger partial charge is 0.375 e. The summed E-state index contributed by atoms with van der Waals surface area (Å²) in [5.41, 5.74) is 6.00. The molecular weight excluding hydrogens is 348 g/mol. The third-order valence-electron chi connectivity index (χ3n) is 4.87. The van der Waals surface area contributed by atoms with Gasteiger partial charge in [-0.3, -0.25) is 4.40 Å². The second-order valence-corrected chi connectivity index (χ2v) is 7.13. The van der Waals surface area contributed by atoms with Crippen molar-refractivity contribution in [3.8, 4) is 11.4 Å². The minimum Gasteiger partial charge on any atom is -0.375 e. The molecule has 0 aliphatic carbocycles. The summed E-state index contributed by atoms with van der Waals surface area (Å²) in [5, 5.41) is 3.42. The molecule has 6 heteroatoms. The Morgan fingerprint density at radius 2 is 1.79 bits per heavy atom. The summed E-state index contributed by atoms with van der Waals surface area (Å²) in [7, 11) is 3.99. The second-order valence-electron chi connectivity index (χ2n) is 7.13. The van der Waals surface area contributed by atoms with Gasteiger partial charge in [0.1, 0.15) is 11.3 Å². The van der Waals surface area contributed by atoms with Gasteiger partial charge in [-0.1, -0.05) is 36.4 Å². The Balaban J connectivity index is 1.77. The number of nitrogens with one attached hydrogen (secondary N) is 1. The highest BCUT2D eigenvalue weighted by atomic mass is 15.2. The predicted molar refractivity (Wildman–Crippen MR) is 114 cm³/mol. The molecule has 0 fully saturated rings. The van der Waals surface area contributed by atoms with Crippen molar-refractivity contribution in [1.29, 1.82) is 0 Å². The summed E-state index contributed by atoms with van der Waals surface area (Å²) in [5.74, 6) is 0.597. The minimum atomic E-state index is 0.101. The van der Waals surface area contributed by atoms with Crippen LogP contribution in [0.1, 0.15) is 24.1 Å². The first kappa shape index (κ1) is 18.0. The molecular formula is C22H24N6. The zero-order valence-corrected chi connectivity index (χ0v) is 16.6. The normalized spacial score (nSPS) is 12.1. The molecule has 3 heterocycles. The van der Waals surface area contributed by atoms with Crippen LogP contribution in [0.5, 0.6) is 0 Å². The Morgan fingerprint density at radius 1 is 1.00 bits per heavy atom. The Hall–Kier alpha value is -3.41. The van der Waals surface area contributed by atoms with E-state index in [0.29, 0.717) is 5.95 Å². The van der Waals surface area contributed by atoms with E-state index in [1.807, 2.05) is 61.9 Å². The Labute approximate surface area is 164 Å². The van der Waals surface area contributed by atoms with Gasteiger partial charge in [0, 0.05) is 20.3 Å². The van der Waals surface area contributed by atoms with Gasteiger partial charge in [-0.05, 0) is 31.0 Å². The molecule has 1 atom stereocenters. The van der Waals surface area contributed by atoms with Crippen molar-refractivity contribution in [2.45, 2.75) is 19.9 Å². The molecule has 0 aliphatic heterocycles. The molecule has 0 spiro atoms. The summed E-state index contributed by atoms with van der Waals surface area (Å²) in [6.07, 6.45) is 5.76. The van der Waals surface area contributed by atoms with Crippen molar-refractivity contribution in [3.05, 3.63) is 72.2 Å². The molecule has 1 aromatic carbocycles. The monoisotopic (exact) mass is 372 g/mol. The van der Waals surface area contributed by atoms with Crippen LogP contribution in [0.2, 0.25) is 0 Å². The number of fused-ring (bicyclic) bond motifs is 1. The number of imidazole rings is 1. The fourth-order valence-corrected chi connectivity index (χ4v) is 3.31. The maximum absolute atomic E-state index is 4.86. The summed E-state index contributed by atoms with van der Waals surface area (Å²) >= 11 is 0. The van der Waals surface area contributed by atoms with Crippen molar-refractivity contribution in [3.63, 3.8) is 0 Å². The van der Waals surface area contributed by atoms with E-state index in [9.17, 15) is 0 Å². The highest BCUT2D eigenvalue weighted by Gasteiger charge is 2.17. The maximum atomic E-state index is 4.86. The SMILES string of the molecule is Cc1cccn2c(-c3nc(N[C@@H](C)c4ccccc4)ncc3N(C)C)cnc12. The number of aryl methyl sites for hydroxylation is 1. The van der Waals surface area contributed by atoms with Gasteiger partial charge < -0.3 is 10.2 Å². The Kier molecular flexibility index (Phi) is 4.69. The lowest BCUT2D eigenvalue weighted by atomic mass is 10.1. The lowest BCUT2D eigenvalue weighted by Gasteiger charge is -2.19. The van der Waals surface area contributed by atoms with Crippen LogP contribution in [-0.2, 0) is 0 Å². The number of rotatable bonds is 5. The third kappa shape index (κ3) is 3.29. The van der Waals surface area contributed by atoms with E-state index in [-0.39, 0.29) is 6.04 Å². The average molecular weight is 372 g/mol. The van der Waals surface area contributed by atoms with E-state index in [2.05, 4.69) is 51.7 Å². The fourth-order valence-electron chi connectivity index (χ4n) is 3.31. The average Bonchev–Trinajstić information content (AvgIpc) is 3.14. The van der Waals surface area contributed by atoms with Gasteiger partial charge in [0.2, 0.25) is 5.95 Å². The summed E-state index contributed by atoms with van der Waals surface area (Å²) < 4.78 is 2.08. The van der Waals surface area contributed by atoms with Gasteiger partial charge >= 0.3 is 0 Å². The topological polar surface area (TPSA) is 58.4 Å². The summed E-state index contributed by atoms with van der Waals surface area (Å²) in [4.78, 5) is 16.0. The van der Waals surface area contributed by atoms with Gasteiger partial charge in [0.15, 0.2) is 0 Å². The van der Waals surface area contributed by atoms with Gasteiger partial charge in [0.25, 0.3) is 0 Å². The lowest BCUT2D eigenvalue weighted by molar-refractivity contribution is 0.859. The van der Waals surface area contributed by atoms with Gasteiger partial charge in [-0.2, -0.15) is 0 Å².